The van der Waals surface area contributed by atoms with Crippen LogP contribution in [0.25, 0.3) is 0 Å². The average molecular weight is 480 g/mol. The van der Waals surface area contributed by atoms with Gasteiger partial charge in [0, 0.05) is 16.6 Å². The van der Waals surface area contributed by atoms with Gasteiger partial charge in [0.25, 0.3) is 5.91 Å². The zero-order valence-electron chi connectivity index (χ0n) is 15.5. The molecule has 2 unspecified atom stereocenters. The van der Waals surface area contributed by atoms with Crippen LogP contribution in [0.3, 0.4) is 0 Å². The molecular formula is C21H20Cl5NO. The topological polar surface area (TPSA) is 20.3 Å². The van der Waals surface area contributed by atoms with E-state index >= 15 is 0 Å². The summed E-state index contributed by atoms with van der Waals surface area (Å²) in [5, 5.41) is 2.09. The van der Waals surface area contributed by atoms with Crippen LogP contribution in [0.5, 0.6) is 0 Å². The highest BCUT2D eigenvalue weighted by Crippen LogP contribution is 2.44. The molecule has 1 heterocycles. The van der Waals surface area contributed by atoms with Gasteiger partial charge in [-0.15, -0.1) is 0 Å². The van der Waals surface area contributed by atoms with Crippen LogP contribution in [0.1, 0.15) is 55.1 Å². The van der Waals surface area contributed by atoms with E-state index in [2.05, 4.69) is 13.8 Å². The molecule has 0 spiro atoms. The number of hydrogen-bond donors (Lipinski definition) is 0. The summed E-state index contributed by atoms with van der Waals surface area (Å²) in [6, 6.07) is 8.26. The Bertz CT molecular complexity index is 899. The number of rotatable bonds is 4. The smallest absolute Gasteiger partial charge is 0.254 e. The summed E-state index contributed by atoms with van der Waals surface area (Å²) in [6.45, 7) is 4.30. The lowest BCUT2D eigenvalue weighted by atomic mass is 10.0. The van der Waals surface area contributed by atoms with Gasteiger partial charge in [0.05, 0.1) is 26.1 Å². The number of carbonyl (C=O) groups is 1. The summed E-state index contributed by atoms with van der Waals surface area (Å²) in [5.41, 5.74) is 1.28. The van der Waals surface area contributed by atoms with Crippen molar-refractivity contribution in [3.8, 4) is 0 Å². The maximum Gasteiger partial charge on any atom is 0.254 e. The number of benzene rings is 2. The van der Waals surface area contributed by atoms with E-state index in [-0.39, 0.29) is 18.0 Å². The summed E-state index contributed by atoms with van der Waals surface area (Å²) in [4.78, 5) is 15.4. The predicted molar refractivity (Wildman–Crippen MR) is 119 cm³/mol. The Hall–Kier alpha value is -0.640. The zero-order chi connectivity index (χ0) is 20.6. The molecule has 28 heavy (non-hydrogen) atoms. The van der Waals surface area contributed by atoms with E-state index in [0.29, 0.717) is 36.6 Å². The molecule has 0 bridgehead atoms. The van der Waals surface area contributed by atoms with Crippen molar-refractivity contribution in [2.24, 2.45) is 5.92 Å². The number of carbonyl (C=O) groups excluding carboxylic acids is 1. The van der Waals surface area contributed by atoms with Crippen LogP contribution in [0.4, 0.5) is 0 Å². The average Bonchev–Trinajstić information content (AvgIpc) is 3.02. The zero-order valence-corrected chi connectivity index (χ0v) is 19.3. The van der Waals surface area contributed by atoms with Crippen LogP contribution in [-0.4, -0.2) is 16.8 Å². The molecule has 0 saturated carbocycles. The number of amides is 1. The summed E-state index contributed by atoms with van der Waals surface area (Å²) >= 11 is 31.1. The van der Waals surface area contributed by atoms with Crippen LogP contribution in [0, 0.1) is 5.92 Å². The van der Waals surface area contributed by atoms with Crippen molar-refractivity contribution in [2.45, 2.75) is 45.2 Å². The van der Waals surface area contributed by atoms with E-state index < -0.39 is 0 Å². The number of hydrogen-bond acceptors (Lipinski definition) is 1. The van der Waals surface area contributed by atoms with Crippen LogP contribution in [-0.2, 0) is 0 Å². The molecule has 0 N–H and O–H groups in total. The van der Waals surface area contributed by atoms with Crippen molar-refractivity contribution in [1.29, 1.82) is 0 Å². The first-order valence-electron chi connectivity index (χ1n) is 9.11. The molecule has 1 aliphatic rings. The summed E-state index contributed by atoms with van der Waals surface area (Å²) in [7, 11) is 0. The second-order valence-corrected chi connectivity index (χ2v) is 9.54. The fourth-order valence-corrected chi connectivity index (χ4v) is 4.91. The van der Waals surface area contributed by atoms with E-state index in [1.165, 1.54) is 0 Å². The molecule has 0 aliphatic carbocycles. The first kappa shape index (κ1) is 22.1. The lowest BCUT2D eigenvalue weighted by molar-refractivity contribution is 0.0647. The van der Waals surface area contributed by atoms with Crippen LogP contribution in [0.15, 0.2) is 30.3 Å². The largest absolute Gasteiger partial charge is 0.329 e. The fourth-order valence-electron chi connectivity index (χ4n) is 3.87. The van der Waals surface area contributed by atoms with Crippen molar-refractivity contribution in [2.75, 3.05) is 0 Å². The molecule has 1 saturated heterocycles. The normalized spacial score (nSPS) is 19.5. The Labute approximate surface area is 190 Å². The summed E-state index contributed by atoms with van der Waals surface area (Å²) in [5.74, 6) is 0.352. The summed E-state index contributed by atoms with van der Waals surface area (Å²) in [6.07, 6.45) is 2.58. The second kappa shape index (κ2) is 9.02. The molecular weight excluding hydrogens is 460 g/mol. The number of likely N-dealkylation sites (tertiary alicyclic amines) is 1. The van der Waals surface area contributed by atoms with Gasteiger partial charge in [-0.3, -0.25) is 4.79 Å². The Kier molecular flexibility index (Phi) is 7.10. The molecule has 1 aliphatic heterocycles. The molecule has 1 fully saturated rings. The van der Waals surface area contributed by atoms with E-state index in [4.69, 9.17) is 58.0 Å². The van der Waals surface area contributed by atoms with Gasteiger partial charge in [-0.1, -0.05) is 71.9 Å². The lowest BCUT2D eigenvalue weighted by Gasteiger charge is -2.32. The van der Waals surface area contributed by atoms with Gasteiger partial charge < -0.3 is 4.90 Å². The Morgan fingerprint density at radius 2 is 1.71 bits per heavy atom. The van der Waals surface area contributed by atoms with Gasteiger partial charge in [0.2, 0.25) is 0 Å². The van der Waals surface area contributed by atoms with E-state index in [9.17, 15) is 4.79 Å². The molecule has 150 valence electrons. The predicted octanol–water partition coefficient (Wildman–Crippen LogP) is 8.35. The minimum Gasteiger partial charge on any atom is -0.329 e. The fraction of sp³-hybridized carbons (Fsp3) is 0.381. The maximum atomic E-state index is 13.5. The summed E-state index contributed by atoms with van der Waals surface area (Å²) < 4.78 is 0. The lowest BCUT2D eigenvalue weighted by Crippen LogP contribution is -2.38. The van der Waals surface area contributed by atoms with Gasteiger partial charge >= 0.3 is 0 Å². The van der Waals surface area contributed by atoms with Crippen molar-refractivity contribution in [3.63, 3.8) is 0 Å². The number of nitrogens with zero attached hydrogens (tertiary/aromatic N) is 1. The third kappa shape index (κ3) is 4.57. The van der Waals surface area contributed by atoms with Gasteiger partial charge in [0.1, 0.15) is 0 Å². The minimum atomic E-state index is -0.200. The third-order valence-electron chi connectivity index (χ3n) is 5.03. The molecule has 2 aromatic carbocycles. The molecule has 2 aromatic rings. The molecule has 2 atom stereocenters. The highest BCUT2D eigenvalue weighted by Gasteiger charge is 2.39. The molecule has 0 radical (unpaired) electrons. The molecule has 1 amide bonds. The molecule has 7 heteroatoms. The SMILES string of the molecule is CC(C)CC1CCC(c2cc(Cl)cc(Cl)c2Cl)N1C(=O)c1ccc(Cl)c(Cl)c1. The third-order valence-corrected chi connectivity index (χ3v) is 6.80. The molecule has 0 aromatic heterocycles. The van der Waals surface area contributed by atoms with Crippen LogP contribution in [0.2, 0.25) is 25.1 Å². The van der Waals surface area contributed by atoms with Crippen LogP contribution < -0.4 is 0 Å². The van der Waals surface area contributed by atoms with E-state index in [0.717, 1.165) is 24.8 Å². The monoisotopic (exact) mass is 477 g/mol. The highest BCUT2D eigenvalue weighted by molar-refractivity contribution is 6.44. The number of halogens is 5. The maximum absolute atomic E-state index is 13.5. The van der Waals surface area contributed by atoms with Crippen molar-refractivity contribution >= 4 is 63.9 Å². The standard InChI is InChI=1S/C21H20Cl5NO/c1-11(2)7-14-4-6-19(15-9-13(22)10-18(25)20(15)26)27(14)21(28)12-3-5-16(23)17(24)8-12/h3,5,8-11,14,19H,4,6-7H2,1-2H3. The van der Waals surface area contributed by atoms with Gasteiger partial charge in [-0.2, -0.15) is 0 Å². The Morgan fingerprint density at radius 1 is 1.00 bits per heavy atom. The molecule has 3 rings (SSSR count). The first-order valence-corrected chi connectivity index (χ1v) is 11.0. The molecule has 2 nitrogen and oxygen atoms in total. The van der Waals surface area contributed by atoms with Gasteiger partial charge in [0.15, 0.2) is 0 Å². The van der Waals surface area contributed by atoms with Crippen molar-refractivity contribution < 1.29 is 4.79 Å². The Balaban J connectivity index is 2.04. The van der Waals surface area contributed by atoms with Crippen LogP contribution >= 0.6 is 58.0 Å². The quantitative estimate of drug-likeness (QED) is 0.404. The Morgan fingerprint density at radius 3 is 2.36 bits per heavy atom. The van der Waals surface area contributed by atoms with Gasteiger partial charge in [-0.05, 0) is 61.1 Å². The van der Waals surface area contributed by atoms with E-state index in [1.807, 2.05) is 4.90 Å². The first-order chi connectivity index (χ1) is 13.2. The van der Waals surface area contributed by atoms with E-state index in [1.54, 1.807) is 30.3 Å². The van der Waals surface area contributed by atoms with Crippen molar-refractivity contribution in [3.05, 3.63) is 66.6 Å². The minimum absolute atomic E-state index is 0.0979. The van der Waals surface area contributed by atoms with Crippen molar-refractivity contribution in [1.82, 2.24) is 4.90 Å². The van der Waals surface area contributed by atoms with Gasteiger partial charge in [-0.25, -0.2) is 0 Å². The highest BCUT2D eigenvalue weighted by atomic mass is 35.5. The second-order valence-electron chi connectivity index (χ2n) is 7.51.